The van der Waals surface area contributed by atoms with Gasteiger partial charge in [-0.2, -0.15) is 0 Å². The number of hydrogen-bond acceptors (Lipinski definition) is 6. The van der Waals surface area contributed by atoms with Crippen LogP contribution >= 0.6 is 0 Å². The van der Waals surface area contributed by atoms with Crippen LogP contribution in [0.5, 0.6) is 17.2 Å². The minimum atomic E-state index is 0.615. The van der Waals surface area contributed by atoms with Crippen LogP contribution in [-0.4, -0.2) is 24.2 Å². The molecule has 0 radical (unpaired) electrons. The van der Waals surface area contributed by atoms with E-state index in [0.717, 1.165) is 27.9 Å². The SMILES string of the molecule is C=C/C=C(\C=C)Oc1ccc(Nc2ncnc3cc(OC)c(OC)cc23)cc1C. The van der Waals surface area contributed by atoms with E-state index in [2.05, 4.69) is 28.4 Å². The zero-order valence-corrected chi connectivity index (χ0v) is 16.7. The molecule has 0 amide bonds. The lowest BCUT2D eigenvalue weighted by atomic mass is 10.1. The third-order valence-electron chi connectivity index (χ3n) is 4.29. The maximum atomic E-state index is 5.85. The molecule has 6 heteroatoms. The third-order valence-corrected chi connectivity index (χ3v) is 4.29. The fourth-order valence-corrected chi connectivity index (χ4v) is 2.85. The Morgan fingerprint density at radius 3 is 2.41 bits per heavy atom. The molecule has 0 atom stereocenters. The van der Waals surface area contributed by atoms with Gasteiger partial charge in [0.25, 0.3) is 0 Å². The largest absolute Gasteiger partial charge is 0.493 e. The van der Waals surface area contributed by atoms with Crippen LogP contribution in [0.4, 0.5) is 11.5 Å². The lowest BCUT2D eigenvalue weighted by molar-refractivity contribution is 0.356. The van der Waals surface area contributed by atoms with Crippen LogP contribution < -0.4 is 19.5 Å². The first-order valence-corrected chi connectivity index (χ1v) is 8.97. The minimum Gasteiger partial charge on any atom is -0.493 e. The molecule has 1 aromatic heterocycles. The highest BCUT2D eigenvalue weighted by Gasteiger charge is 2.12. The van der Waals surface area contributed by atoms with Crippen LogP contribution in [-0.2, 0) is 0 Å². The summed E-state index contributed by atoms with van der Waals surface area (Å²) in [6, 6.07) is 9.48. The first kappa shape index (κ1) is 19.9. The summed E-state index contributed by atoms with van der Waals surface area (Å²) >= 11 is 0. The Balaban J connectivity index is 1.93. The summed E-state index contributed by atoms with van der Waals surface area (Å²) in [6.07, 6.45) is 6.57. The Morgan fingerprint density at radius 1 is 1.00 bits per heavy atom. The average molecular weight is 389 g/mol. The minimum absolute atomic E-state index is 0.615. The van der Waals surface area contributed by atoms with Crippen molar-refractivity contribution in [2.24, 2.45) is 0 Å². The highest BCUT2D eigenvalue weighted by atomic mass is 16.5. The van der Waals surface area contributed by atoms with Crippen molar-refractivity contribution >= 4 is 22.4 Å². The quantitative estimate of drug-likeness (QED) is 0.415. The van der Waals surface area contributed by atoms with Gasteiger partial charge in [-0.25, -0.2) is 9.97 Å². The van der Waals surface area contributed by atoms with Gasteiger partial charge in [0.1, 0.15) is 23.7 Å². The van der Waals surface area contributed by atoms with E-state index in [1.807, 2.05) is 37.3 Å². The summed E-state index contributed by atoms with van der Waals surface area (Å²) in [4.78, 5) is 8.72. The van der Waals surface area contributed by atoms with Crippen molar-refractivity contribution in [1.82, 2.24) is 9.97 Å². The van der Waals surface area contributed by atoms with Gasteiger partial charge in [-0.05, 0) is 48.9 Å². The van der Waals surface area contributed by atoms with Crippen LogP contribution in [0.3, 0.4) is 0 Å². The molecule has 1 N–H and O–H groups in total. The van der Waals surface area contributed by atoms with Gasteiger partial charge in [0, 0.05) is 17.1 Å². The lowest BCUT2D eigenvalue weighted by Gasteiger charge is -2.14. The molecular weight excluding hydrogens is 366 g/mol. The number of nitrogens with zero attached hydrogens (tertiary/aromatic N) is 2. The van der Waals surface area contributed by atoms with Gasteiger partial charge in [-0.1, -0.05) is 19.2 Å². The van der Waals surface area contributed by atoms with Gasteiger partial charge >= 0.3 is 0 Å². The second kappa shape index (κ2) is 8.93. The molecule has 0 fully saturated rings. The normalized spacial score (nSPS) is 11.1. The second-order valence-electron chi connectivity index (χ2n) is 6.16. The maximum absolute atomic E-state index is 5.85. The smallest absolute Gasteiger partial charge is 0.162 e. The molecule has 0 aliphatic carbocycles. The molecule has 3 rings (SSSR count). The number of allylic oxidation sites excluding steroid dienone is 3. The average Bonchev–Trinajstić information content (AvgIpc) is 2.74. The van der Waals surface area contributed by atoms with E-state index in [4.69, 9.17) is 14.2 Å². The number of hydrogen-bond donors (Lipinski definition) is 1. The van der Waals surface area contributed by atoms with Crippen molar-refractivity contribution in [1.29, 1.82) is 0 Å². The Hall–Kier alpha value is -3.80. The van der Waals surface area contributed by atoms with Crippen molar-refractivity contribution in [3.8, 4) is 17.2 Å². The Morgan fingerprint density at radius 2 is 1.76 bits per heavy atom. The molecule has 0 saturated heterocycles. The van der Waals surface area contributed by atoms with Gasteiger partial charge in [-0.15, -0.1) is 0 Å². The predicted octanol–water partition coefficient (Wildman–Crippen LogP) is 5.33. The van der Waals surface area contributed by atoms with E-state index in [1.165, 1.54) is 6.33 Å². The van der Waals surface area contributed by atoms with Crippen molar-refractivity contribution in [3.63, 3.8) is 0 Å². The number of methoxy groups -OCH3 is 2. The molecule has 2 aromatic carbocycles. The van der Waals surface area contributed by atoms with Crippen LogP contribution in [0.15, 0.2) is 73.8 Å². The number of ether oxygens (including phenoxy) is 3. The van der Waals surface area contributed by atoms with Crippen molar-refractivity contribution in [3.05, 3.63) is 79.4 Å². The van der Waals surface area contributed by atoms with E-state index >= 15 is 0 Å². The Bertz CT molecular complexity index is 1090. The van der Waals surface area contributed by atoms with E-state index in [-0.39, 0.29) is 0 Å². The van der Waals surface area contributed by atoms with Crippen LogP contribution in [0.1, 0.15) is 5.56 Å². The first-order chi connectivity index (χ1) is 14.1. The second-order valence-corrected chi connectivity index (χ2v) is 6.16. The number of anilines is 2. The summed E-state index contributed by atoms with van der Waals surface area (Å²) in [5.74, 6) is 3.27. The monoisotopic (exact) mass is 389 g/mol. The van der Waals surface area contributed by atoms with Crippen molar-refractivity contribution in [2.45, 2.75) is 6.92 Å². The summed E-state index contributed by atoms with van der Waals surface area (Å²) < 4.78 is 16.6. The molecule has 1 heterocycles. The molecule has 148 valence electrons. The standard InChI is InChI=1S/C23H23N3O3/c1-6-8-17(7-2)29-20-10-9-16(11-15(20)3)26-23-18-12-21(27-4)22(28-5)13-19(18)24-14-25-23/h6-14H,1-2H2,3-5H3,(H,24,25,26)/b17-8+. The summed E-state index contributed by atoms with van der Waals surface area (Å²) in [5, 5.41) is 4.17. The number of rotatable bonds is 8. The molecule has 3 aromatic rings. The summed E-state index contributed by atoms with van der Waals surface area (Å²) in [5.41, 5.74) is 2.59. The zero-order valence-electron chi connectivity index (χ0n) is 16.7. The van der Waals surface area contributed by atoms with Crippen LogP contribution in [0, 0.1) is 6.92 Å². The number of aryl methyl sites for hydroxylation is 1. The number of aromatic nitrogens is 2. The van der Waals surface area contributed by atoms with Crippen molar-refractivity contribution < 1.29 is 14.2 Å². The molecular formula is C23H23N3O3. The van der Waals surface area contributed by atoms with Gasteiger partial charge in [0.05, 0.1) is 19.7 Å². The molecule has 0 bridgehead atoms. The van der Waals surface area contributed by atoms with Crippen molar-refractivity contribution in [2.75, 3.05) is 19.5 Å². The Kier molecular flexibility index (Phi) is 6.14. The van der Waals surface area contributed by atoms with E-state index in [0.29, 0.717) is 23.1 Å². The zero-order chi connectivity index (χ0) is 20.8. The topological polar surface area (TPSA) is 65.5 Å². The number of fused-ring (bicyclic) bond motifs is 1. The molecule has 0 spiro atoms. The number of benzene rings is 2. The molecule has 0 aliphatic heterocycles. The van der Waals surface area contributed by atoms with Crippen LogP contribution in [0.25, 0.3) is 10.9 Å². The molecule has 29 heavy (non-hydrogen) atoms. The van der Waals surface area contributed by atoms with Gasteiger partial charge < -0.3 is 19.5 Å². The first-order valence-electron chi connectivity index (χ1n) is 8.97. The lowest BCUT2D eigenvalue weighted by Crippen LogP contribution is -1.99. The highest BCUT2D eigenvalue weighted by molar-refractivity contribution is 5.93. The fraction of sp³-hybridized carbons (Fsp3) is 0.130. The molecule has 6 nitrogen and oxygen atoms in total. The van der Waals surface area contributed by atoms with Crippen LogP contribution in [0.2, 0.25) is 0 Å². The van der Waals surface area contributed by atoms with E-state index in [1.54, 1.807) is 32.4 Å². The molecule has 0 aliphatic rings. The Labute approximate surface area is 170 Å². The maximum Gasteiger partial charge on any atom is 0.162 e. The van der Waals surface area contributed by atoms with E-state index in [9.17, 15) is 0 Å². The summed E-state index contributed by atoms with van der Waals surface area (Å²) in [7, 11) is 3.19. The fourth-order valence-electron chi connectivity index (χ4n) is 2.85. The number of nitrogens with one attached hydrogen (secondary N) is 1. The van der Waals surface area contributed by atoms with Gasteiger partial charge in [0.2, 0.25) is 0 Å². The highest BCUT2D eigenvalue weighted by Crippen LogP contribution is 2.35. The molecule has 0 unspecified atom stereocenters. The predicted molar refractivity (Wildman–Crippen MR) is 116 cm³/mol. The van der Waals surface area contributed by atoms with Gasteiger partial charge in [0.15, 0.2) is 11.5 Å². The van der Waals surface area contributed by atoms with E-state index < -0.39 is 0 Å². The molecule has 0 saturated carbocycles. The van der Waals surface area contributed by atoms with Gasteiger partial charge in [-0.3, -0.25) is 0 Å². The third kappa shape index (κ3) is 4.38. The summed E-state index contributed by atoms with van der Waals surface area (Å²) in [6.45, 7) is 9.40.